The van der Waals surface area contributed by atoms with Crippen LogP contribution in [0.25, 0.3) is 0 Å². The Bertz CT molecular complexity index is 1560. The monoisotopic (exact) mass is 813 g/mol. The van der Waals surface area contributed by atoms with Gasteiger partial charge in [-0.3, -0.25) is 4.79 Å². The van der Waals surface area contributed by atoms with Crippen LogP contribution in [-0.4, -0.2) is 59.4 Å². The Morgan fingerprint density at radius 1 is 0.839 bits per heavy atom. The Labute approximate surface area is 342 Å². The van der Waals surface area contributed by atoms with Crippen LogP contribution < -0.4 is 9.47 Å². The molecule has 2 aromatic carbocycles. The van der Waals surface area contributed by atoms with Gasteiger partial charge in [0.05, 0.1) is 31.5 Å². The van der Waals surface area contributed by atoms with Gasteiger partial charge in [-0.15, -0.1) is 0 Å². The van der Waals surface area contributed by atoms with Crippen LogP contribution in [0.5, 0.6) is 11.5 Å². The van der Waals surface area contributed by atoms with Crippen molar-refractivity contribution in [2.45, 2.75) is 182 Å². The van der Waals surface area contributed by atoms with Crippen LogP contribution in [-0.2, 0) is 47.5 Å². The van der Waals surface area contributed by atoms with E-state index in [1.807, 2.05) is 25.1 Å². The lowest BCUT2D eigenvalue weighted by atomic mass is 9.87. The van der Waals surface area contributed by atoms with Gasteiger partial charge < -0.3 is 27.8 Å². The van der Waals surface area contributed by atoms with E-state index in [0.717, 1.165) is 41.0 Å². The van der Waals surface area contributed by atoms with Crippen LogP contribution in [0.3, 0.4) is 0 Å². The smallest absolute Gasteiger partial charge is 0.343 e. The summed E-state index contributed by atoms with van der Waals surface area (Å²) in [5, 5.41) is -0.0964. The summed E-state index contributed by atoms with van der Waals surface area (Å²) in [6, 6.07) is 14.4. The summed E-state index contributed by atoms with van der Waals surface area (Å²) in [7, 11) is -4.54. The number of hydrogen-bond acceptors (Lipinski definition) is 8. The van der Waals surface area contributed by atoms with E-state index in [4.69, 9.17) is 27.8 Å². The maximum atomic E-state index is 14.4. The van der Waals surface area contributed by atoms with Gasteiger partial charge in [0.2, 0.25) is 5.60 Å². The molecule has 10 heteroatoms. The second kappa shape index (κ2) is 20.0. The molecule has 1 aliphatic heterocycles. The number of ketones is 1. The van der Waals surface area contributed by atoms with Crippen molar-refractivity contribution in [3.63, 3.8) is 0 Å². The zero-order chi connectivity index (χ0) is 42.1. The number of carbonyl (C=O) groups is 2. The highest BCUT2D eigenvalue weighted by Crippen LogP contribution is 2.49. The van der Waals surface area contributed by atoms with E-state index in [9.17, 15) is 9.59 Å². The van der Waals surface area contributed by atoms with Crippen molar-refractivity contribution in [2.75, 3.05) is 13.2 Å². The van der Waals surface area contributed by atoms with Crippen LogP contribution in [0, 0.1) is 11.8 Å². The molecule has 0 aliphatic carbocycles. The van der Waals surface area contributed by atoms with Gasteiger partial charge in [0.1, 0.15) is 30.0 Å². The highest BCUT2D eigenvalue weighted by atomic mass is 28.4. The van der Waals surface area contributed by atoms with Crippen molar-refractivity contribution in [3.05, 3.63) is 59.2 Å². The van der Waals surface area contributed by atoms with Crippen molar-refractivity contribution in [1.29, 1.82) is 0 Å². The van der Waals surface area contributed by atoms with Crippen molar-refractivity contribution < 1.29 is 37.4 Å². The zero-order valence-electron chi connectivity index (χ0n) is 37.7. The predicted octanol–water partition coefficient (Wildman–Crippen LogP) is 11.6. The maximum Gasteiger partial charge on any atom is 0.343 e. The average Bonchev–Trinajstić information content (AvgIpc) is 3.85. The molecule has 8 nitrogen and oxygen atoms in total. The lowest BCUT2D eigenvalue weighted by Crippen LogP contribution is -2.52. The molecule has 0 spiro atoms. The molecule has 1 unspecified atom stereocenters. The molecule has 0 saturated carbocycles. The predicted molar refractivity (Wildman–Crippen MR) is 232 cm³/mol. The number of esters is 1. The summed E-state index contributed by atoms with van der Waals surface area (Å²) in [4.78, 5) is 28.0. The zero-order valence-corrected chi connectivity index (χ0v) is 39.7. The molecule has 0 bridgehead atoms. The molecule has 1 heterocycles. The van der Waals surface area contributed by atoms with E-state index in [0.29, 0.717) is 45.0 Å². The largest absolute Gasteiger partial charge is 0.493 e. The molecule has 3 rings (SSSR count). The number of Topliss-reactive ketones (excluding diaryl/α,β-unsaturated/α-hetero) is 1. The van der Waals surface area contributed by atoms with Gasteiger partial charge in [0.25, 0.3) is 0 Å². The first kappa shape index (κ1) is 47.9. The van der Waals surface area contributed by atoms with Crippen molar-refractivity contribution >= 4 is 28.4 Å². The minimum Gasteiger partial charge on any atom is -0.493 e. The van der Waals surface area contributed by atoms with E-state index in [-0.39, 0.29) is 40.9 Å². The van der Waals surface area contributed by atoms with Crippen LogP contribution in [0.15, 0.2) is 42.5 Å². The molecule has 2 aromatic rings. The normalized spacial score (nSPS) is 18.8. The van der Waals surface area contributed by atoms with Crippen molar-refractivity contribution in [2.24, 2.45) is 11.8 Å². The van der Waals surface area contributed by atoms with E-state index < -0.39 is 34.3 Å². The molecular formula is C46H76O8Si2. The Balaban J connectivity index is 1.95. The molecular weight excluding hydrogens is 737 g/mol. The maximum absolute atomic E-state index is 14.4. The number of benzene rings is 2. The minimum absolute atomic E-state index is 0.0308. The quantitative estimate of drug-likeness (QED) is 0.0622. The van der Waals surface area contributed by atoms with E-state index in [1.54, 1.807) is 6.92 Å². The van der Waals surface area contributed by atoms with Crippen molar-refractivity contribution in [1.82, 2.24) is 0 Å². The molecule has 1 aliphatic rings. The Morgan fingerprint density at radius 2 is 1.48 bits per heavy atom. The van der Waals surface area contributed by atoms with E-state index >= 15 is 0 Å². The molecule has 4 atom stereocenters. The average molecular weight is 813 g/mol. The molecule has 316 valence electrons. The Morgan fingerprint density at radius 3 is 2.02 bits per heavy atom. The highest BCUT2D eigenvalue weighted by Gasteiger charge is 2.69. The van der Waals surface area contributed by atoms with Crippen LogP contribution in [0.1, 0.15) is 125 Å². The third kappa shape index (κ3) is 12.3. The van der Waals surface area contributed by atoms with Gasteiger partial charge in [0, 0.05) is 12.3 Å². The molecule has 0 aromatic heterocycles. The van der Waals surface area contributed by atoms with Gasteiger partial charge in [-0.1, -0.05) is 112 Å². The molecule has 0 amide bonds. The number of rotatable bonds is 23. The highest BCUT2D eigenvalue weighted by molar-refractivity contribution is 6.74. The minimum atomic E-state index is -2.41. The second-order valence-electron chi connectivity index (χ2n) is 19.1. The summed E-state index contributed by atoms with van der Waals surface area (Å²) < 4.78 is 38.9. The summed E-state index contributed by atoms with van der Waals surface area (Å²) in [6.45, 7) is 33.8. The lowest BCUT2D eigenvalue weighted by molar-refractivity contribution is -0.154. The summed E-state index contributed by atoms with van der Waals surface area (Å²) in [5.74, 6) is 1.33. The number of hydrogen-bond donors (Lipinski definition) is 0. The molecule has 0 radical (unpaired) electrons. The molecule has 1 fully saturated rings. The Kier molecular flexibility index (Phi) is 17.1. The Hall–Kier alpha value is -2.51. The third-order valence-corrected chi connectivity index (χ3v) is 21.1. The van der Waals surface area contributed by atoms with E-state index in [1.165, 1.54) is 0 Å². The van der Waals surface area contributed by atoms with Gasteiger partial charge in [-0.05, 0) is 92.0 Å². The number of ether oxygens (including phenoxy) is 4. The van der Waals surface area contributed by atoms with Gasteiger partial charge in [0.15, 0.2) is 16.6 Å². The van der Waals surface area contributed by atoms with Gasteiger partial charge in [-0.25, -0.2) is 4.79 Å². The number of epoxide rings is 1. The van der Waals surface area contributed by atoms with Crippen LogP contribution in [0.2, 0.25) is 36.3 Å². The van der Waals surface area contributed by atoms with Crippen LogP contribution >= 0.6 is 0 Å². The van der Waals surface area contributed by atoms with Gasteiger partial charge >= 0.3 is 5.97 Å². The first-order chi connectivity index (χ1) is 26.0. The van der Waals surface area contributed by atoms with Crippen LogP contribution in [0.4, 0.5) is 0 Å². The fraction of sp³-hybridized carbons (Fsp3) is 0.696. The summed E-state index contributed by atoms with van der Waals surface area (Å²) in [5.41, 5.74) is 1.87. The fourth-order valence-electron chi connectivity index (χ4n) is 6.62. The van der Waals surface area contributed by atoms with E-state index in [2.05, 4.69) is 113 Å². The fourth-order valence-corrected chi connectivity index (χ4v) is 8.89. The van der Waals surface area contributed by atoms with Gasteiger partial charge in [-0.2, -0.15) is 0 Å². The second-order valence-corrected chi connectivity index (χ2v) is 28.7. The first-order valence-electron chi connectivity index (χ1n) is 21.2. The molecule has 1 saturated heterocycles. The lowest BCUT2D eigenvalue weighted by Gasteiger charge is -2.40. The third-order valence-electron chi connectivity index (χ3n) is 12.2. The first-order valence-corrected chi connectivity index (χ1v) is 27.0. The topological polar surface area (TPSA) is 92.8 Å². The standard InChI is InChI=1S/C46H76O8Si2/c1-16-22-35(38(47)30-41(54-56(14,15)45(9,10)11)46(40(17-2)53-46)43(48)49-18-3)27-28-50-39-26-25-36(29-33(4)5)42(51-31-34-23-20-19-21-24-34)37(39)32-52-55(12,13)44(6,7)8/h19-21,23-26,33,35,40-41H,16-18,22,27-32H2,1-15H3/t35-,40-,41+,46?/m1/s1. The summed E-state index contributed by atoms with van der Waals surface area (Å²) in [6.07, 6.45) is 2.58. The molecule has 0 N–H and O–H groups in total. The molecule has 56 heavy (non-hydrogen) atoms. The SMILES string of the molecule is CCC[C@H](CCOc1ccc(CC(C)C)c(OCc2ccccc2)c1CO[Si](C)(C)C(C)(C)C)C(=O)C[C@H](O[Si](C)(C)C(C)(C)C)C1(C(=O)OCC)O[C@@H]1CC. The number of carbonyl (C=O) groups excluding carboxylic acids is 2. The van der Waals surface area contributed by atoms with Crippen molar-refractivity contribution in [3.8, 4) is 11.5 Å². The summed E-state index contributed by atoms with van der Waals surface area (Å²) >= 11 is 0.